The summed E-state index contributed by atoms with van der Waals surface area (Å²) >= 11 is 0. The molecule has 2 rings (SSSR count). The summed E-state index contributed by atoms with van der Waals surface area (Å²) < 4.78 is 25.5. The second-order valence-electron chi connectivity index (χ2n) is 17.1. The Morgan fingerprint density at radius 2 is 1.58 bits per heavy atom. The van der Waals surface area contributed by atoms with E-state index >= 15 is 0 Å². The van der Waals surface area contributed by atoms with Crippen LogP contribution in [0.3, 0.4) is 0 Å². The van der Waals surface area contributed by atoms with Crippen molar-refractivity contribution in [3.63, 3.8) is 0 Å². The van der Waals surface area contributed by atoms with E-state index in [-0.39, 0.29) is 27.8 Å². The van der Waals surface area contributed by atoms with Gasteiger partial charge in [0.05, 0.1) is 5.60 Å². The highest BCUT2D eigenvalue weighted by atomic mass is 31.2. The zero-order valence-corrected chi connectivity index (χ0v) is 33.5. The highest BCUT2D eigenvalue weighted by Crippen LogP contribution is 2.62. The number of unbranched alkanes of at least 4 members (excludes halogenated alkanes) is 3. The van der Waals surface area contributed by atoms with Crippen LogP contribution in [0.2, 0.25) is 26.2 Å². The average Bonchev–Trinajstić information content (AvgIpc) is 3.07. The molecule has 0 saturated heterocycles. The summed E-state index contributed by atoms with van der Waals surface area (Å²) in [6, 6.07) is 0. The monoisotopic (exact) mass is 658 g/mol. The van der Waals surface area contributed by atoms with Crippen LogP contribution in [0.4, 0.5) is 0 Å². The predicted octanol–water partition coefficient (Wildman–Crippen LogP) is 9.53. The van der Waals surface area contributed by atoms with E-state index in [0.717, 1.165) is 38.5 Å². The van der Waals surface area contributed by atoms with Crippen molar-refractivity contribution in [2.24, 2.45) is 34.0 Å². The van der Waals surface area contributed by atoms with Gasteiger partial charge in [-0.05, 0) is 92.8 Å². The lowest BCUT2D eigenvalue weighted by Gasteiger charge is -2.62. The molecule has 6 atom stereocenters. The zero-order valence-electron chi connectivity index (χ0n) is 30.3. The maximum Gasteiger partial charge on any atom is 0.197 e. The average molecular weight is 659 g/mol. The van der Waals surface area contributed by atoms with Gasteiger partial charge in [0.1, 0.15) is 0 Å². The third-order valence-electron chi connectivity index (χ3n) is 10.7. The summed E-state index contributed by atoms with van der Waals surface area (Å²) in [5.41, 5.74) is 0.0779. The van der Waals surface area contributed by atoms with Crippen LogP contribution < -0.4 is 0 Å². The highest BCUT2D eigenvalue weighted by molar-refractivity contribution is 7.57. The van der Waals surface area contributed by atoms with Crippen LogP contribution in [0.5, 0.6) is 0 Å². The van der Waals surface area contributed by atoms with Crippen molar-refractivity contribution in [3.05, 3.63) is 12.2 Å². The molecule has 0 aromatic heterocycles. The molecule has 0 aromatic rings. The van der Waals surface area contributed by atoms with Crippen LogP contribution in [-0.4, -0.2) is 52.3 Å². The molecule has 2 aliphatic rings. The molecule has 0 aliphatic heterocycles. The van der Waals surface area contributed by atoms with Gasteiger partial charge in [-0.1, -0.05) is 92.7 Å². The second-order valence-corrected chi connectivity index (χ2v) is 24.3. The van der Waals surface area contributed by atoms with Crippen molar-refractivity contribution >= 4 is 25.4 Å². The molecule has 0 radical (unpaired) electrons. The minimum atomic E-state index is -2.93. The standard InChI is InChI=1S/C35H71O5PSi2/c1-13-22-33(23-19-24-33)35(32(5,6)7,40-43(11)12)25-18-21-29-28(20-16-14-15-17-26-41(8,37)38)30(31(2,3)4)27-34(29,36)39-42(9)10/h18,21,28-30,36,42-43H,13-17,19-20,22-27H2,1-12H3,(H,37,38). The van der Waals surface area contributed by atoms with Gasteiger partial charge in [-0.3, -0.25) is 4.57 Å². The van der Waals surface area contributed by atoms with E-state index in [9.17, 15) is 14.6 Å². The fourth-order valence-electron chi connectivity index (χ4n) is 8.87. The third-order valence-corrected chi connectivity index (χ3v) is 13.6. The van der Waals surface area contributed by atoms with Gasteiger partial charge in [-0.2, -0.15) is 0 Å². The smallest absolute Gasteiger partial charge is 0.197 e. The van der Waals surface area contributed by atoms with Gasteiger partial charge < -0.3 is 18.9 Å². The van der Waals surface area contributed by atoms with Crippen LogP contribution in [0, 0.1) is 34.0 Å². The quantitative estimate of drug-likeness (QED) is 0.0535. The van der Waals surface area contributed by atoms with E-state index < -0.39 is 31.2 Å². The van der Waals surface area contributed by atoms with Gasteiger partial charge in [0.2, 0.25) is 0 Å². The molecule has 2 aliphatic carbocycles. The van der Waals surface area contributed by atoms with E-state index in [1.807, 2.05) is 0 Å². The minimum Gasteiger partial charge on any atom is -0.414 e. The largest absolute Gasteiger partial charge is 0.414 e. The molecule has 0 amide bonds. The Bertz CT molecular complexity index is 929. The van der Waals surface area contributed by atoms with E-state index in [2.05, 4.69) is 86.8 Å². The Balaban J connectivity index is 2.44. The molecule has 0 spiro atoms. The molecule has 6 unspecified atom stereocenters. The lowest BCUT2D eigenvalue weighted by atomic mass is 9.49. The summed E-state index contributed by atoms with van der Waals surface area (Å²) in [5.74, 6) is -0.474. The van der Waals surface area contributed by atoms with E-state index in [4.69, 9.17) is 8.85 Å². The van der Waals surface area contributed by atoms with Crippen molar-refractivity contribution in [1.82, 2.24) is 0 Å². The van der Waals surface area contributed by atoms with Crippen molar-refractivity contribution in [2.45, 2.75) is 163 Å². The SMILES string of the molecule is CCCC1(C(CC=CC2C(CCCCCCP(C)(=O)O)C(C(C)(C)C)CC2(O)O[SiH](C)C)(O[SiH](C)C)C(C)(C)C)CCC1. The lowest BCUT2D eigenvalue weighted by molar-refractivity contribution is -0.176. The van der Waals surface area contributed by atoms with Crippen molar-refractivity contribution in [3.8, 4) is 0 Å². The molecule has 0 heterocycles. The molecular weight excluding hydrogens is 588 g/mol. The Hall–Kier alpha value is 0.244. The van der Waals surface area contributed by atoms with Crippen molar-refractivity contribution in [1.29, 1.82) is 0 Å². The van der Waals surface area contributed by atoms with Gasteiger partial charge >= 0.3 is 0 Å². The van der Waals surface area contributed by atoms with Crippen molar-refractivity contribution < 1.29 is 23.4 Å². The zero-order chi connectivity index (χ0) is 32.9. The number of hydrogen-bond acceptors (Lipinski definition) is 4. The third kappa shape index (κ3) is 10.1. The molecule has 43 heavy (non-hydrogen) atoms. The minimum absolute atomic E-state index is 0.00188. The Morgan fingerprint density at radius 1 is 0.977 bits per heavy atom. The molecule has 2 N–H and O–H groups in total. The van der Waals surface area contributed by atoms with Gasteiger partial charge in [-0.15, -0.1) is 0 Å². The van der Waals surface area contributed by atoms with Gasteiger partial charge in [0.25, 0.3) is 0 Å². The highest BCUT2D eigenvalue weighted by Gasteiger charge is 2.60. The maximum absolute atomic E-state index is 12.3. The van der Waals surface area contributed by atoms with Crippen LogP contribution in [0.1, 0.15) is 126 Å². The first kappa shape index (κ1) is 39.4. The molecule has 2 fully saturated rings. The van der Waals surface area contributed by atoms with Crippen LogP contribution >= 0.6 is 7.37 Å². The number of rotatable bonds is 17. The fraction of sp³-hybridized carbons (Fsp3) is 0.943. The van der Waals surface area contributed by atoms with Crippen LogP contribution in [0.25, 0.3) is 0 Å². The van der Waals surface area contributed by atoms with Crippen LogP contribution in [-0.2, 0) is 13.4 Å². The van der Waals surface area contributed by atoms with E-state index in [1.54, 1.807) is 0 Å². The fourth-order valence-corrected chi connectivity index (χ4v) is 12.3. The molecule has 8 heteroatoms. The Morgan fingerprint density at radius 3 is 2.02 bits per heavy atom. The van der Waals surface area contributed by atoms with E-state index in [1.165, 1.54) is 38.8 Å². The molecular formula is C35H71O5PSi2. The van der Waals surface area contributed by atoms with Crippen molar-refractivity contribution in [2.75, 3.05) is 12.8 Å². The van der Waals surface area contributed by atoms with Gasteiger partial charge in [-0.25, -0.2) is 0 Å². The maximum atomic E-state index is 12.3. The van der Waals surface area contributed by atoms with Gasteiger partial charge in [0, 0.05) is 25.2 Å². The summed E-state index contributed by atoms with van der Waals surface area (Å²) in [6.07, 6.45) is 17.9. The predicted molar refractivity (Wildman–Crippen MR) is 190 cm³/mol. The summed E-state index contributed by atoms with van der Waals surface area (Å²) in [7, 11) is -5.76. The molecule has 2 saturated carbocycles. The van der Waals surface area contributed by atoms with Crippen LogP contribution in [0.15, 0.2) is 12.2 Å². The topological polar surface area (TPSA) is 76.0 Å². The molecule has 0 aromatic carbocycles. The first-order chi connectivity index (χ1) is 19.6. The van der Waals surface area contributed by atoms with E-state index in [0.29, 0.717) is 24.4 Å². The lowest BCUT2D eigenvalue weighted by Crippen LogP contribution is -2.62. The summed E-state index contributed by atoms with van der Waals surface area (Å²) in [4.78, 5) is 9.68. The summed E-state index contributed by atoms with van der Waals surface area (Å²) in [6.45, 7) is 26.9. The first-order valence-electron chi connectivity index (χ1n) is 17.7. The van der Waals surface area contributed by atoms with Gasteiger partial charge in [0.15, 0.2) is 31.2 Å². The molecule has 5 nitrogen and oxygen atoms in total. The Kier molecular flexibility index (Phi) is 14.1. The molecule has 0 bridgehead atoms. The number of hydrogen-bond donors (Lipinski definition) is 2. The summed E-state index contributed by atoms with van der Waals surface area (Å²) in [5, 5.41) is 12.3. The normalized spacial score (nSPS) is 29.3. The first-order valence-corrected chi connectivity index (χ1v) is 25.5. The second kappa shape index (κ2) is 15.4. The molecule has 254 valence electrons. The Labute approximate surface area is 270 Å². The number of aliphatic hydroxyl groups is 1.